The van der Waals surface area contributed by atoms with Gasteiger partial charge in [0.15, 0.2) is 9.84 Å². The lowest BCUT2D eigenvalue weighted by molar-refractivity contribution is -0.131. The Balaban J connectivity index is 1.94. The predicted molar refractivity (Wildman–Crippen MR) is 111 cm³/mol. The summed E-state index contributed by atoms with van der Waals surface area (Å²) >= 11 is 0. The lowest BCUT2D eigenvalue weighted by Crippen LogP contribution is -2.40. The highest BCUT2D eigenvalue weighted by molar-refractivity contribution is 7.91. The molecule has 1 heterocycles. The van der Waals surface area contributed by atoms with Gasteiger partial charge in [0.05, 0.1) is 17.1 Å². The minimum Gasteiger partial charge on any atom is -0.426 e. The van der Waals surface area contributed by atoms with E-state index < -0.39 is 21.8 Å². The maximum absolute atomic E-state index is 13.4. The minimum atomic E-state index is -3.17. The van der Waals surface area contributed by atoms with Gasteiger partial charge < -0.3 is 9.64 Å². The van der Waals surface area contributed by atoms with Crippen LogP contribution in [0.25, 0.3) is 0 Å². The van der Waals surface area contributed by atoms with Crippen LogP contribution in [-0.2, 0) is 27.6 Å². The van der Waals surface area contributed by atoms with E-state index in [0.717, 1.165) is 12.0 Å². The maximum atomic E-state index is 13.4. The number of nitrogens with zero attached hydrogens (tertiary/aromatic N) is 1. The molecule has 1 atom stereocenters. The highest BCUT2D eigenvalue weighted by Gasteiger charge is 2.35. The number of sulfone groups is 1. The van der Waals surface area contributed by atoms with Gasteiger partial charge in [-0.25, -0.2) is 8.42 Å². The Morgan fingerprint density at radius 3 is 2.31 bits per heavy atom. The van der Waals surface area contributed by atoms with Gasteiger partial charge in [-0.15, -0.1) is 0 Å². The molecule has 0 saturated carbocycles. The summed E-state index contributed by atoms with van der Waals surface area (Å²) < 4.78 is 29.3. The number of benzene rings is 2. The van der Waals surface area contributed by atoms with Crippen molar-refractivity contribution in [2.45, 2.75) is 39.3 Å². The van der Waals surface area contributed by atoms with E-state index in [-0.39, 0.29) is 35.3 Å². The van der Waals surface area contributed by atoms with Crippen LogP contribution in [0.5, 0.6) is 5.75 Å². The van der Waals surface area contributed by atoms with E-state index >= 15 is 0 Å². The van der Waals surface area contributed by atoms with Gasteiger partial charge in [0, 0.05) is 19.5 Å². The molecule has 7 heteroatoms. The summed E-state index contributed by atoms with van der Waals surface area (Å²) in [6.07, 6.45) is 1.32. The second-order valence-corrected chi connectivity index (χ2v) is 9.48. The van der Waals surface area contributed by atoms with Crippen LogP contribution in [0, 0.1) is 0 Å². The smallest absolute Gasteiger partial charge is 0.308 e. The molecule has 29 heavy (non-hydrogen) atoms. The molecule has 1 aliphatic heterocycles. The first-order chi connectivity index (χ1) is 13.8. The molecule has 1 unspecified atom stereocenters. The monoisotopic (exact) mass is 415 g/mol. The third-order valence-corrected chi connectivity index (χ3v) is 6.82. The lowest BCUT2D eigenvalue weighted by Gasteiger charge is -2.29. The number of aryl methyl sites for hydroxylation is 1. The molecule has 0 aliphatic carbocycles. The number of amides is 1. The molecule has 0 N–H and O–H groups in total. The van der Waals surface area contributed by atoms with Gasteiger partial charge >= 0.3 is 5.97 Å². The number of rotatable bonds is 6. The number of carbonyl (C=O) groups excluding carboxylic acids is 2. The molecule has 6 nitrogen and oxygen atoms in total. The zero-order valence-electron chi connectivity index (χ0n) is 16.6. The average molecular weight is 416 g/mol. The van der Waals surface area contributed by atoms with Gasteiger partial charge in [0.1, 0.15) is 5.75 Å². The molecule has 1 amide bonds. The zero-order valence-corrected chi connectivity index (χ0v) is 17.4. The normalized spacial score (nSPS) is 17.7. The van der Waals surface area contributed by atoms with E-state index in [2.05, 4.69) is 6.92 Å². The third kappa shape index (κ3) is 5.23. The van der Waals surface area contributed by atoms with E-state index in [0.29, 0.717) is 6.42 Å². The highest BCUT2D eigenvalue weighted by atomic mass is 32.2. The van der Waals surface area contributed by atoms with E-state index in [9.17, 15) is 18.0 Å². The number of hydrogen-bond donors (Lipinski definition) is 0. The second kappa shape index (κ2) is 8.78. The first kappa shape index (κ1) is 21.0. The Labute approximate surface area is 171 Å². The molecule has 0 radical (unpaired) electrons. The van der Waals surface area contributed by atoms with Crippen LogP contribution in [0.15, 0.2) is 48.5 Å². The van der Waals surface area contributed by atoms with Crippen molar-refractivity contribution in [2.24, 2.45) is 0 Å². The van der Waals surface area contributed by atoms with Crippen molar-refractivity contribution in [3.8, 4) is 5.75 Å². The highest BCUT2D eigenvalue weighted by Crippen LogP contribution is 2.26. The lowest BCUT2D eigenvalue weighted by atomic mass is 10.1. The molecular formula is C22H25NO5S. The van der Waals surface area contributed by atoms with Gasteiger partial charge in [0.2, 0.25) is 0 Å². The Morgan fingerprint density at radius 2 is 1.72 bits per heavy atom. The van der Waals surface area contributed by atoms with Gasteiger partial charge in [0.25, 0.3) is 5.91 Å². The Morgan fingerprint density at radius 1 is 1.07 bits per heavy atom. The first-order valence-corrected chi connectivity index (χ1v) is 11.5. The zero-order chi connectivity index (χ0) is 21.0. The van der Waals surface area contributed by atoms with Crippen LogP contribution in [0.3, 0.4) is 0 Å². The summed E-state index contributed by atoms with van der Waals surface area (Å²) in [4.78, 5) is 26.4. The van der Waals surface area contributed by atoms with Crippen LogP contribution >= 0.6 is 0 Å². The van der Waals surface area contributed by atoms with Crippen molar-refractivity contribution in [1.82, 2.24) is 4.90 Å². The molecule has 2 aromatic carbocycles. The van der Waals surface area contributed by atoms with Crippen LogP contribution in [0.2, 0.25) is 0 Å². The third-order valence-electron chi connectivity index (χ3n) is 5.07. The van der Waals surface area contributed by atoms with Crippen molar-refractivity contribution >= 4 is 21.7 Å². The molecule has 0 aromatic heterocycles. The number of para-hydroxylation sites is 1. The quantitative estimate of drug-likeness (QED) is 0.535. The van der Waals surface area contributed by atoms with E-state index in [1.807, 2.05) is 24.3 Å². The van der Waals surface area contributed by atoms with Crippen molar-refractivity contribution in [1.29, 1.82) is 0 Å². The molecule has 3 rings (SSSR count). The van der Waals surface area contributed by atoms with Gasteiger partial charge in [-0.3, -0.25) is 9.59 Å². The minimum absolute atomic E-state index is 0.0541. The summed E-state index contributed by atoms with van der Waals surface area (Å²) in [6, 6.07) is 14.1. The summed E-state index contributed by atoms with van der Waals surface area (Å²) in [5.41, 5.74) is 2.36. The average Bonchev–Trinajstić information content (AvgIpc) is 3.05. The standard InChI is InChI=1S/C22H25NO5S/c1-3-17-8-10-18(11-9-17)14-23(19-12-13-29(26,27)15-19)22(25)20-6-4-5-7-21(20)28-16(2)24/h4-11,19H,3,12-15H2,1-2H3. The molecule has 1 fully saturated rings. The molecule has 0 bridgehead atoms. The van der Waals surface area contributed by atoms with Crippen molar-refractivity contribution < 1.29 is 22.7 Å². The first-order valence-electron chi connectivity index (χ1n) is 9.65. The van der Waals surface area contributed by atoms with E-state index in [1.165, 1.54) is 12.5 Å². The second-order valence-electron chi connectivity index (χ2n) is 7.25. The molecule has 1 aliphatic rings. The Kier molecular flexibility index (Phi) is 6.37. The SMILES string of the molecule is CCc1ccc(CN(C(=O)c2ccccc2OC(C)=O)C2CCS(=O)(=O)C2)cc1. The van der Waals surface area contributed by atoms with Crippen molar-refractivity contribution in [3.05, 3.63) is 65.2 Å². The van der Waals surface area contributed by atoms with E-state index in [4.69, 9.17) is 4.74 Å². The van der Waals surface area contributed by atoms with E-state index in [1.54, 1.807) is 29.2 Å². The number of hydrogen-bond acceptors (Lipinski definition) is 5. The largest absolute Gasteiger partial charge is 0.426 e. The molecule has 0 spiro atoms. The number of ether oxygens (including phenoxy) is 1. The van der Waals surface area contributed by atoms with Crippen LogP contribution < -0.4 is 4.74 Å². The van der Waals surface area contributed by atoms with Gasteiger partial charge in [-0.2, -0.15) is 0 Å². The molecule has 1 saturated heterocycles. The molecule has 2 aromatic rings. The van der Waals surface area contributed by atoms with Crippen LogP contribution in [0.4, 0.5) is 0 Å². The predicted octanol–water partition coefficient (Wildman–Crippen LogP) is 3.00. The van der Waals surface area contributed by atoms with Crippen LogP contribution in [0.1, 0.15) is 41.8 Å². The van der Waals surface area contributed by atoms with Gasteiger partial charge in [-0.05, 0) is 36.1 Å². The maximum Gasteiger partial charge on any atom is 0.308 e. The number of esters is 1. The molecule has 154 valence electrons. The summed E-state index contributed by atoms with van der Waals surface area (Å²) in [5, 5.41) is 0. The summed E-state index contributed by atoms with van der Waals surface area (Å²) in [6.45, 7) is 3.63. The topological polar surface area (TPSA) is 80.8 Å². The van der Waals surface area contributed by atoms with Crippen molar-refractivity contribution in [2.75, 3.05) is 11.5 Å². The van der Waals surface area contributed by atoms with Crippen molar-refractivity contribution in [3.63, 3.8) is 0 Å². The Bertz CT molecular complexity index is 998. The van der Waals surface area contributed by atoms with Gasteiger partial charge in [-0.1, -0.05) is 43.3 Å². The fourth-order valence-electron chi connectivity index (χ4n) is 3.51. The fraction of sp³-hybridized carbons (Fsp3) is 0.364. The fourth-order valence-corrected chi connectivity index (χ4v) is 5.24. The van der Waals surface area contributed by atoms with Crippen LogP contribution in [-0.4, -0.2) is 42.7 Å². The Hall–Kier alpha value is -2.67. The molecular weight excluding hydrogens is 390 g/mol. The summed E-state index contributed by atoms with van der Waals surface area (Å²) in [7, 11) is -3.17. The number of carbonyl (C=O) groups is 2. The summed E-state index contributed by atoms with van der Waals surface area (Å²) in [5.74, 6) is -0.667.